The smallest absolute Gasteiger partial charge is 0.391 e. The number of phosphoric acid groups is 1. The summed E-state index contributed by atoms with van der Waals surface area (Å²) in [6.07, 6.45) is 22.7. The molecule has 246 valence electrons. The Morgan fingerprint density at radius 2 is 1.17 bits per heavy atom. The largest absolute Gasteiger partial charge is 0.472 e. The van der Waals surface area contributed by atoms with Gasteiger partial charge < -0.3 is 19.8 Å². The first-order chi connectivity index (χ1) is 19.5. The molecule has 0 aromatic carbocycles. The summed E-state index contributed by atoms with van der Waals surface area (Å²) < 4.78 is 23.4. The number of quaternary nitrogens is 1. The first kappa shape index (κ1) is 40.5. The molecule has 3 N–H and O–H groups in total. The predicted molar refractivity (Wildman–Crippen MR) is 171 cm³/mol. The fourth-order valence-corrected chi connectivity index (χ4v) is 5.54. The van der Waals surface area contributed by atoms with Crippen LogP contribution in [0.15, 0.2) is 0 Å². The van der Waals surface area contributed by atoms with Gasteiger partial charge in [0.25, 0.3) is 0 Å². The maximum Gasteiger partial charge on any atom is 0.472 e. The molecule has 1 amide bonds. The molecule has 0 aliphatic carbocycles. The normalized spacial score (nSPS) is 15.0. The summed E-state index contributed by atoms with van der Waals surface area (Å²) >= 11 is 0. The van der Waals surface area contributed by atoms with Gasteiger partial charge in [0.1, 0.15) is 13.2 Å². The second-order valence-corrected chi connectivity index (χ2v) is 14.4. The Kier molecular flexibility index (Phi) is 25.6. The van der Waals surface area contributed by atoms with Crippen LogP contribution in [-0.4, -0.2) is 73.4 Å². The molecular formula is C32H68N2O6P+. The highest BCUT2D eigenvalue weighted by Gasteiger charge is 2.28. The number of amides is 1. The molecule has 41 heavy (non-hydrogen) atoms. The minimum Gasteiger partial charge on any atom is -0.391 e. The number of hydrogen-bond acceptors (Lipinski definition) is 5. The summed E-state index contributed by atoms with van der Waals surface area (Å²) in [7, 11) is 1.62. The van der Waals surface area contributed by atoms with Crippen molar-refractivity contribution in [3.63, 3.8) is 0 Å². The van der Waals surface area contributed by atoms with E-state index in [4.69, 9.17) is 9.05 Å². The van der Waals surface area contributed by atoms with E-state index in [9.17, 15) is 19.4 Å². The summed E-state index contributed by atoms with van der Waals surface area (Å²) in [6.45, 7) is 4.82. The summed E-state index contributed by atoms with van der Waals surface area (Å²) in [5, 5.41) is 13.8. The van der Waals surface area contributed by atoms with Crippen LogP contribution in [0.3, 0.4) is 0 Å². The average Bonchev–Trinajstić information content (AvgIpc) is 2.90. The van der Waals surface area contributed by atoms with E-state index < -0.39 is 20.0 Å². The maximum atomic E-state index is 12.7. The lowest BCUT2D eigenvalue weighted by atomic mass is 10.0. The SMILES string of the molecule is CCCCCCCCCCCCC(O)C(COP(=O)(O)OCC[N+](C)(C)C)NC(=O)CCCCCCCCCCC. The van der Waals surface area contributed by atoms with Gasteiger partial charge in [-0.3, -0.25) is 13.8 Å². The Morgan fingerprint density at radius 1 is 0.732 bits per heavy atom. The van der Waals surface area contributed by atoms with Crippen LogP contribution in [0.25, 0.3) is 0 Å². The number of likely N-dealkylation sites (N-methyl/N-ethyl adjacent to an activating group) is 1. The molecule has 0 aliphatic rings. The molecule has 0 aromatic heterocycles. The zero-order chi connectivity index (χ0) is 30.8. The number of carbonyl (C=O) groups excluding carboxylic acids is 1. The number of rotatable bonds is 30. The highest BCUT2D eigenvalue weighted by molar-refractivity contribution is 7.47. The van der Waals surface area contributed by atoms with Crippen molar-refractivity contribution in [2.75, 3.05) is 40.9 Å². The number of aliphatic hydroxyl groups excluding tert-OH is 1. The molecule has 0 fully saturated rings. The average molecular weight is 608 g/mol. The van der Waals surface area contributed by atoms with Crippen LogP contribution < -0.4 is 5.32 Å². The molecule has 3 atom stereocenters. The van der Waals surface area contributed by atoms with Gasteiger partial charge in [0.2, 0.25) is 5.91 Å². The van der Waals surface area contributed by atoms with Crippen molar-refractivity contribution in [2.45, 2.75) is 161 Å². The van der Waals surface area contributed by atoms with Crippen molar-refractivity contribution < 1.29 is 32.9 Å². The number of nitrogens with one attached hydrogen (secondary N) is 1. The Labute approximate surface area is 253 Å². The van der Waals surface area contributed by atoms with Gasteiger partial charge in [0, 0.05) is 6.42 Å². The predicted octanol–water partition coefficient (Wildman–Crippen LogP) is 7.90. The van der Waals surface area contributed by atoms with Crippen molar-refractivity contribution in [2.24, 2.45) is 0 Å². The van der Waals surface area contributed by atoms with Crippen molar-refractivity contribution in [1.29, 1.82) is 0 Å². The van der Waals surface area contributed by atoms with Crippen LogP contribution in [0.1, 0.15) is 149 Å². The number of phosphoric ester groups is 1. The van der Waals surface area contributed by atoms with Gasteiger partial charge >= 0.3 is 7.82 Å². The van der Waals surface area contributed by atoms with E-state index in [0.29, 0.717) is 23.9 Å². The van der Waals surface area contributed by atoms with Gasteiger partial charge in [0.15, 0.2) is 0 Å². The molecule has 0 aliphatic heterocycles. The van der Waals surface area contributed by atoms with Crippen LogP contribution in [0, 0.1) is 0 Å². The minimum atomic E-state index is -4.29. The van der Waals surface area contributed by atoms with Gasteiger partial charge in [-0.25, -0.2) is 4.57 Å². The van der Waals surface area contributed by atoms with E-state index in [1.165, 1.54) is 83.5 Å². The van der Waals surface area contributed by atoms with E-state index >= 15 is 0 Å². The molecule has 0 aromatic rings. The summed E-state index contributed by atoms with van der Waals surface area (Å²) in [4.78, 5) is 22.8. The van der Waals surface area contributed by atoms with Gasteiger partial charge in [-0.05, 0) is 12.8 Å². The quantitative estimate of drug-likeness (QED) is 0.0435. The third kappa shape index (κ3) is 28.1. The standard InChI is InChI=1S/C32H67N2O6P/c1-6-8-10-12-14-16-18-19-21-23-25-31(35)30(29-40-41(37,38)39-28-27-34(3,4)5)33-32(36)26-24-22-20-17-15-13-11-9-7-2/h30-31,35H,6-29H2,1-5H3,(H-,33,36,37,38)/p+1. The third-order valence-corrected chi connectivity index (χ3v) is 8.59. The number of hydrogen-bond donors (Lipinski definition) is 3. The Morgan fingerprint density at radius 3 is 1.63 bits per heavy atom. The van der Waals surface area contributed by atoms with E-state index in [1.807, 2.05) is 21.1 Å². The lowest BCUT2D eigenvalue weighted by Crippen LogP contribution is -2.46. The Bertz CT molecular complexity index is 659. The first-order valence-corrected chi connectivity index (χ1v) is 18.4. The van der Waals surface area contributed by atoms with Crippen LogP contribution in [0.5, 0.6) is 0 Å². The molecule has 8 nitrogen and oxygen atoms in total. The molecule has 3 unspecified atom stereocenters. The Balaban J connectivity index is 4.55. The van der Waals surface area contributed by atoms with Gasteiger partial charge in [-0.15, -0.1) is 0 Å². The highest BCUT2D eigenvalue weighted by Crippen LogP contribution is 2.43. The number of unbranched alkanes of at least 4 members (excludes halogenated alkanes) is 17. The second-order valence-electron chi connectivity index (χ2n) is 12.9. The van der Waals surface area contributed by atoms with Crippen LogP contribution >= 0.6 is 7.82 Å². The number of nitrogens with zero attached hydrogens (tertiary/aromatic N) is 1. The Hall–Kier alpha value is -0.500. The fourth-order valence-electron chi connectivity index (χ4n) is 4.81. The highest BCUT2D eigenvalue weighted by atomic mass is 31.2. The van der Waals surface area contributed by atoms with Gasteiger partial charge in [-0.1, -0.05) is 129 Å². The van der Waals surface area contributed by atoms with Crippen molar-refractivity contribution in [3.8, 4) is 0 Å². The third-order valence-electron chi connectivity index (χ3n) is 7.61. The minimum absolute atomic E-state index is 0.0774. The fraction of sp³-hybridized carbons (Fsp3) is 0.969. The zero-order valence-electron chi connectivity index (χ0n) is 27.5. The molecular weight excluding hydrogens is 539 g/mol. The number of carbonyl (C=O) groups is 1. The molecule has 0 saturated carbocycles. The second kappa shape index (κ2) is 25.9. The van der Waals surface area contributed by atoms with E-state index in [1.54, 1.807) is 0 Å². The molecule has 0 saturated heterocycles. The molecule has 0 rings (SSSR count). The summed E-state index contributed by atoms with van der Waals surface area (Å²) in [5.41, 5.74) is 0. The summed E-state index contributed by atoms with van der Waals surface area (Å²) in [6, 6.07) is -0.748. The molecule has 0 radical (unpaired) electrons. The zero-order valence-corrected chi connectivity index (χ0v) is 28.4. The van der Waals surface area contributed by atoms with Crippen molar-refractivity contribution in [3.05, 3.63) is 0 Å². The maximum absolute atomic E-state index is 12.7. The topological polar surface area (TPSA) is 105 Å². The molecule has 9 heteroatoms. The van der Waals surface area contributed by atoms with Gasteiger partial charge in [-0.2, -0.15) is 0 Å². The molecule has 0 heterocycles. The van der Waals surface area contributed by atoms with Crippen molar-refractivity contribution >= 4 is 13.7 Å². The van der Waals surface area contributed by atoms with Crippen molar-refractivity contribution in [1.82, 2.24) is 5.32 Å². The number of aliphatic hydroxyl groups is 1. The molecule has 0 bridgehead atoms. The molecule has 0 spiro atoms. The lowest BCUT2D eigenvalue weighted by Gasteiger charge is -2.26. The van der Waals surface area contributed by atoms with Crippen LogP contribution in [-0.2, 0) is 18.4 Å². The van der Waals surface area contributed by atoms with Gasteiger partial charge in [0.05, 0.1) is 39.9 Å². The van der Waals surface area contributed by atoms with E-state index in [0.717, 1.165) is 38.5 Å². The summed E-state index contributed by atoms with van der Waals surface area (Å²) in [5.74, 6) is -0.151. The van der Waals surface area contributed by atoms with Crippen LogP contribution in [0.2, 0.25) is 0 Å². The van der Waals surface area contributed by atoms with E-state index in [2.05, 4.69) is 19.2 Å². The first-order valence-electron chi connectivity index (χ1n) is 16.9. The van der Waals surface area contributed by atoms with E-state index in [-0.39, 0.29) is 19.1 Å². The monoisotopic (exact) mass is 607 g/mol. The van der Waals surface area contributed by atoms with Crippen LogP contribution in [0.4, 0.5) is 0 Å². The lowest BCUT2D eigenvalue weighted by molar-refractivity contribution is -0.870.